The van der Waals surface area contributed by atoms with Crippen LogP contribution in [0.1, 0.15) is 55.8 Å². The zero-order valence-corrected chi connectivity index (χ0v) is 11.8. The van der Waals surface area contributed by atoms with Crippen LogP contribution in [0.2, 0.25) is 0 Å². The Kier molecular flexibility index (Phi) is 3.58. The van der Waals surface area contributed by atoms with E-state index in [1.807, 2.05) is 12.1 Å². The zero-order chi connectivity index (χ0) is 13.2. The van der Waals surface area contributed by atoms with E-state index in [-0.39, 0.29) is 0 Å². The van der Waals surface area contributed by atoms with Crippen LogP contribution < -0.4 is 4.90 Å². The molecule has 0 saturated heterocycles. The van der Waals surface area contributed by atoms with Crippen molar-refractivity contribution in [3.05, 3.63) is 29.8 Å². The van der Waals surface area contributed by atoms with Gasteiger partial charge < -0.3 is 4.90 Å². The molecule has 0 amide bonds. The Labute approximate surface area is 115 Å². The van der Waals surface area contributed by atoms with Crippen LogP contribution in [-0.2, 0) is 0 Å². The maximum atomic E-state index is 12.0. The van der Waals surface area contributed by atoms with E-state index in [0.717, 1.165) is 18.0 Å². The lowest BCUT2D eigenvalue weighted by molar-refractivity contribution is 0.0977. The fourth-order valence-electron chi connectivity index (χ4n) is 3.68. The van der Waals surface area contributed by atoms with E-state index < -0.39 is 0 Å². The van der Waals surface area contributed by atoms with Crippen molar-refractivity contribution < 1.29 is 4.79 Å². The number of Topliss-reactive ketones (excluding diaryl/α,β-unsaturated/α-hetero) is 1. The Balaban J connectivity index is 1.79. The number of para-hydroxylation sites is 1. The molecule has 0 radical (unpaired) electrons. The predicted octanol–water partition coefficient (Wildman–Crippen LogP) is 4.05. The number of rotatable bonds is 2. The number of hydrogen-bond donors (Lipinski definition) is 0. The molecule has 1 heterocycles. The average molecular weight is 257 g/mol. The summed E-state index contributed by atoms with van der Waals surface area (Å²) < 4.78 is 0. The third-order valence-electron chi connectivity index (χ3n) is 4.93. The molecule has 1 aromatic rings. The third kappa shape index (κ3) is 2.41. The zero-order valence-electron chi connectivity index (χ0n) is 11.8. The lowest BCUT2D eigenvalue weighted by Gasteiger charge is -2.41. The maximum Gasteiger partial charge on any atom is 0.166 e. The molecule has 1 aromatic carbocycles. The van der Waals surface area contributed by atoms with Gasteiger partial charge in [0.25, 0.3) is 0 Å². The van der Waals surface area contributed by atoms with Crippen molar-refractivity contribution in [2.75, 3.05) is 11.4 Å². The van der Waals surface area contributed by atoms with Crippen molar-refractivity contribution in [3.63, 3.8) is 0 Å². The minimum Gasteiger partial charge on any atom is -0.368 e. The molecular formula is C17H23NO. The third-order valence-corrected chi connectivity index (χ3v) is 4.93. The van der Waals surface area contributed by atoms with Crippen LogP contribution in [0, 0.1) is 5.92 Å². The smallest absolute Gasteiger partial charge is 0.166 e. The molecule has 0 aromatic heterocycles. The highest BCUT2D eigenvalue weighted by Crippen LogP contribution is 2.35. The summed E-state index contributed by atoms with van der Waals surface area (Å²) in [5, 5.41) is 0. The van der Waals surface area contributed by atoms with Crippen LogP contribution in [-0.4, -0.2) is 18.4 Å². The lowest BCUT2D eigenvalue weighted by atomic mass is 9.83. The summed E-state index contributed by atoms with van der Waals surface area (Å²) in [6.45, 7) is 3.22. The first-order chi connectivity index (χ1) is 9.29. The van der Waals surface area contributed by atoms with Gasteiger partial charge in [0.15, 0.2) is 5.78 Å². The first kappa shape index (κ1) is 12.7. The van der Waals surface area contributed by atoms with Gasteiger partial charge in [-0.2, -0.15) is 0 Å². The Morgan fingerprint density at radius 1 is 1.16 bits per heavy atom. The molecule has 0 N–H and O–H groups in total. The number of carbonyl (C=O) groups is 1. The van der Waals surface area contributed by atoms with Gasteiger partial charge in [0.2, 0.25) is 0 Å². The van der Waals surface area contributed by atoms with Crippen molar-refractivity contribution in [1.29, 1.82) is 0 Å². The van der Waals surface area contributed by atoms with Crippen LogP contribution in [0.25, 0.3) is 0 Å². The van der Waals surface area contributed by atoms with Gasteiger partial charge in [-0.15, -0.1) is 0 Å². The molecule has 2 heteroatoms. The highest BCUT2D eigenvalue weighted by molar-refractivity contribution is 6.03. The molecule has 0 spiro atoms. The first-order valence-corrected chi connectivity index (χ1v) is 7.68. The quantitative estimate of drug-likeness (QED) is 0.796. The van der Waals surface area contributed by atoms with Crippen LogP contribution in [0.3, 0.4) is 0 Å². The molecule has 0 atom stereocenters. The summed E-state index contributed by atoms with van der Waals surface area (Å²) in [5.41, 5.74) is 2.12. The maximum absolute atomic E-state index is 12.0. The number of nitrogens with zero attached hydrogens (tertiary/aromatic N) is 1. The number of hydrogen-bond acceptors (Lipinski definition) is 2. The molecular weight excluding hydrogens is 234 g/mol. The Bertz CT molecular complexity index is 460. The average Bonchev–Trinajstić information content (AvgIpc) is 2.48. The van der Waals surface area contributed by atoms with Crippen LogP contribution in [0.15, 0.2) is 24.3 Å². The summed E-state index contributed by atoms with van der Waals surface area (Å²) in [6.07, 6.45) is 7.30. The van der Waals surface area contributed by atoms with E-state index >= 15 is 0 Å². The van der Waals surface area contributed by atoms with E-state index in [4.69, 9.17) is 0 Å². The number of fused-ring (bicyclic) bond motifs is 1. The topological polar surface area (TPSA) is 20.3 Å². The first-order valence-electron chi connectivity index (χ1n) is 7.68. The molecule has 19 heavy (non-hydrogen) atoms. The second-order valence-electron chi connectivity index (χ2n) is 5.97. The van der Waals surface area contributed by atoms with Crippen LogP contribution in [0.4, 0.5) is 5.69 Å². The highest BCUT2D eigenvalue weighted by Gasteiger charge is 2.30. The number of carbonyl (C=O) groups excluding carboxylic acids is 1. The summed E-state index contributed by atoms with van der Waals surface area (Å²) >= 11 is 0. The van der Waals surface area contributed by atoms with Crippen molar-refractivity contribution >= 4 is 11.5 Å². The number of ketones is 1. The van der Waals surface area contributed by atoms with Crippen molar-refractivity contribution in [3.8, 4) is 0 Å². The van der Waals surface area contributed by atoms with Gasteiger partial charge in [0, 0.05) is 30.3 Å². The molecule has 0 unspecified atom stereocenters. The van der Waals surface area contributed by atoms with E-state index in [2.05, 4.69) is 24.0 Å². The second-order valence-corrected chi connectivity index (χ2v) is 5.97. The van der Waals surface area contributed by atoms with Gasteiger partial charge in [-0.25, -0.2) is 0 Å². The fraction of sp³-hybridized carbons (Fsp3) is 0.588. The van der Waals surface area contributed by atoms with E-state index in [1.54, 1.807) is 0 Å². The largest absolute Gasteiger partial charge is 0.368 e. The van der Waals surface area contributed by atoms with Crippen molar-refractivity contribution in [2.45, 2.75) is 51.5 Å². The van der Waals surface area contributed by atoms with E-state index in [9.17, 15) is 4.79 Å². The van der Waals surface area contributed by atoms with Crippen molar-refractivity contribution in [2.24, 2.45) is 5.92 Å². The Morgan fingerprint density at radius 2 is 1.89 bits per heavy atom. The molecule has 2 nitrogen and oxygen atoms in total. The van der Waals surface area contributed by atoms with Gasteiger partial charge in [-0.1, -0.05) is 25.5 Å². The van der Waals surface area contributed by atoms with Crippen molar-refractivity contribution in [1.82, 2.24) is 0 Å². The van der Waals surface area contributed by atoms with Gasteiger partial charge in [-0.3, -0.25) is 4.79 Å². The normalized spacial score (nSPS) is 27.2. The van der Waals surface area contributed by atoms with Crippen LogP contribution in [0.5, 0.6) is 0 Å². The summed E-state index contributed by atoms with van der Waals surface area (Å²) in [6, 6.07) is 8.80. The molecule has 1 saturated carbocycles. The van der Waals surface area contributed by atoms with Crippen LogP contribution >= 0.6 is 0 Å². The Hall–Kier alpha value is -1.31. The predicted molar refractivity (Wildman–Crippen MR) is 78.8 cm³/mol. The molecule has 1 aliphatic carbocycles. The van der Waals surface area contributed by atoms with Gasteiger partial charge in [0.1, 0.15) is 0 Å². The fourth-order valence-corrected chi connectivity index (χ4v) is 3.68. The van der Waals surface area contributed by atoms with Gasteiger partial charge in [-0.05, 0) is 43.7 Å². The highest BCUT2D eigenvalue weighted by atomic mass is 16.1. The monoisotopic (exact) mass is 257 g/mol. The number of benzene rings is 1. The molecule has 1 fully saturated rings. The molecule has 102 valence electrons. The minimum atomic E-state index is 0.314. The standard InChI is InChI=1S/C17H23NO/c1-2-13-7-9-14(10-8-13)18-12-11-17(19)15-5-3-4-6-16(15)18/h3-6,13-14H,2,7-12H2,1H3. The molecule has 3 rings (SSSR count). The molecule has 0 bridgehead atoms. The van der Waals surface area contributed by atoms with E-state index in [1.165, 1.54) is 37.8 Å². The second kappa shape index (κ2) is 5.36. The van der Waals surface area contributed by atoms with E-state index in [0.29, 0.717) is 18.2 Å². The molecule has 1 aliphatic heterocycles. The summed E-state index contributed by atoms with van der Waals surface area (Å²) in [4.78, 5) is 14.5. The molecule has 2 aliphatic rings. The SMILES string of the molecule is CCC1CCC(N2CCC(=O)c3ccccc32)CC1. The summed E-state index contributed by atoms with van der Waals surface area (Å²) in [7, 11) is 0. The van der Waals surface area contributed by atoms with Gasteiger partial charge in [0.05, 0.1) is 0 Å². The Morgan fingerprint density at radius 3 is 2.63 bits per heavy atom. The summed E-state index contributed by atoms with van der Waals surface area (Å²) in [5.74, 6) is 1.24. The number of anilines is 1. The minimum absolute atomic E-state index is 0.314. The van der Waals surface area contributed by atoms with Gasteiger partial charge >= 0.3 is 0 Å². The lowest BCUT2D eigenvalue weighted by Crippen LogP contribution is -2.42.